The van der Waals surface area contributed by atoms with E-state index in [2.05, 4.69) is 0 Å². The van der Waals surface area contributed by atoms with E-state index in [1.165, 1.54) is 13.3 Å². The van der Waals surface area contributed by atoms with Crippen LogP contribution >= 0.6 is 0 Å². The van der Waals surface area contributed by atoms with Crippen LogP contribution in [0.3, 0.4) is 0 Å². The summed E-state index contributed by atoms with van der Waals surface area (Å²) in [5.74, 6) is -0.143. The van der Waals surface area contributed by atoms with Gasteiger partial charge in [-0.2, -0.15) is 0 Å². The molecule has 0 fully saturated rings. The fourth-order valence-corrected chi connectivity index (χ4v) is 1.03. The van der Waals surface area contributed by atoms with Gasteiger partial charge in [-0.3, -0.25) is 14.8 Å². The molecule has 0 aliphatic carbocycles. The molecule has 0 aliphatic rings. The largest absolute Gasteiger partial charge is 0.493 e. The van der Waals surface area contributed by atoms with Crippen LogP contribution in [0.2, 0.25) is 0 Å². The third-order valence-electron chi connectivity index (χ3n) is 1.70. The summed E-state index contributed by atoms with van der Waals surface area (Å²) in [5, 5.41) is 7.56. The molecule has 1 aromatic rings. The molecule has 1 rings (SSSR count). The van der Waals surface area contributed by atoms with Crippen molar-refractivity contribution in [2.75, 3.05) is 7.11 Å². The number of hydrogen-bond acceptors (Lipinski definition) is 4. The zero-order valence-electron chi connectivity index (χ0n) is 7.69. The van der Waals surface area contributed by atoms with Gasteiger partial charge in [0.15, 0.2) is 11.2 Å². The maximum absolute atomic E-state index is 11.3. The zero-order chi connectivity index (χ0) is 10.6. The fourth-order valence-electron chi connectivity index (χ4n) is 1.03. The predicted molar refractivity (Wildman–Crippen MR) is 48.1 cm³/mol. The summed E-state index contributed by atoms with van der Waals surface area (Å²) in [6.07, 6.45) is 1.70. The van der Waals surface area contributed by atoms with Crippen LogP contribution in [0.25, 0.3) is 0 Å². The number of nitrogens with one attached hydrogen (secondary N) is 1. The smallest absolute Gasteiger partial charge is 0.239 e. The Balaban J connectivity index is 3.16. The summed E-state index contributed by atoms with van der Waals surface area (Å²) in [6, 6.07) is 3.16. The van der Waals surface area contributed by atoms with Gasteiger partial charge in [-0.1, -0.05) is 0 Å². The van der Waals surface area contributed by atoms with Gasteiger partial charge in [0.05, 0.1) is 13.5 Å². The van der Waals surface area contributed by atoms with Gasteiger partial charge >= 0.3 is 0 Å². The molecule has 0 bridgehead atoms. The van der Waals surface area contributed by atoms with Crippen molar-refractivity contribution in [2.24, 2.45) is 0 Å². The number of rotatable bonds is 3. The second kappa shape index (κ2) is 4.36. The number of nitrogens with zero attached hydrogens (tertiary/aromatic N) is 1. The van der Waals surface area contributed by atoms with E-state index in [1.807, 2.05) is 0 Å². The van der Waals surface area contributed by atoms with Gasteiger partial charge in [0.2, 0.25) is 5.91 Å². The molecule has 74 valence electrons. The Bertz CT molecular complexity index is 409. The highest BCUT2D eigenvalue weighted by molar-refractivity contribution is 5.89. The number of methoxy groups -OCH3 is 1. The van der Waals surface area contributed by atoms with Crippen LogP contribution in [0.15, 0.2) is 18.3 Å². The quantitative estimate of drug-likeness (QED) is 0.552. The highest BCUT2D eigenvalue weighted by Crippen LogP contribution is 2.00. The average molecular weight is 194 g/mol. The first-order chi connectivity index (χ1) is 6.70. The molecule has 0 saturated carbocycles. The molecule has 14 heavy (non-hydrogen) atoms. The lowest BCUT2D eigenvalue weighted by Crippen LogP contribution is -2.26. The number of pyridine rings is 1. The molecule has 0 spiro atoms. The molecular weight excluding hydrogens is 184 g/mol. The number of hydrogen-bond donors (Lipinski definition) is 1. The summed E-state index contributed by atoms with van der Waals surface area (Å²) >= 11 is 0. The van der Waals surface area contributed by atoms with E-state index in [1.54, 1.807) is 12.1 Å². The molecule has 5 heteroatoms. The molecule has 1 heterocycles. The summed E-state index contributed by atoms with van der Waals surface area (Å²) < 4.78 is 5.94. The first kappa shape index (κ1) is 10.2. The molecule has 1 N–H and O–H groups in total. The standard InChI is InChI=1S/C9H10N2O3/c1-14-7-3-2-5-11(9(7)10)8(13)4-6-12/h2-3,5-6,10H,4H2,1H3. The van der Waals surface area contributed by atoms with Gasteiger partial charge < -0.3 is 9.53 Å². The topological polar surface area (TPSA) is 72.2 Å². The Morgan fingerprint density at radius 1 is 1.71 bits per heavy atom. The van der Waals surface area contributed by atoms with Gasteiger partial charge in [0.25, 0.3) is 0 Å². The lowest BCUT2D eigenvalue weighted by atomic mass is 10.4. The minimum Gasteiger partial charge on any atom is -0.493 e. The van der Waals surface area contributed by atoms with E-state index in [-0.39, 0.29) is 11.9 Å². The summed E-state index contributed by atoms with van der Waals surface area (Å²) in [6.45, 7) is 0. The predicted octanol–water partition coefficient (Wildman–Crippen LogP) is 0.205. The number of ether oxygens (including phenoxy) is 1. The van der Waals surface area contributed by atoms with Crippen molar-refractivity contribution in [3.05, 3.63) is 23.8 Å². The monoisotopic (exact) mass is 194 g/mol. The molecule has 0 aromatic carbocycles. The Morgan fingerprint density at radius 3 is 3.00 bits per heavy atom. The average Bonchev–Trinajstić information content (AvgIpc) is 2.18. The van der Waals surface area contributed by atoms with Gasteiger partial charge in [-0.05, 0) is 12.1 Å². The van der Waals surface area contributed by atoms with Crippen LogP contribution < -0.4 is 10.2 Å². The highest BCUT2D eigenvalue weighted by Gasteiger charge is 2.06. The SMILES string of the molecule is COc1cccn(C(=O)CC=O)c1=N. The second-order valence-electron chi connectivity index (χ2n) is 2.56. The van der Waals surface area contributed by atoms with E-state index in [0.29, 0.717) is 12.0 Å². The van der Waals surface area contributed by atoms with Crippen LogP contribution in [-0.2, 0) is 4.79 Å². The first-order valence-corrected chi connectivity index (χ1v) is 3.97. The number of aldehydes is 1. The normalized spacial score (nSPS) is 9.50. The highest BCUT2D eigenvalue weighted by atomic mass is 16.5. The summed E-state index contributed by atoms with van der Waals surface area (Å²) in [4.78, 5) is 21.4. The van der Waals surface area contributed by atoms with Crippen LogP contribution in [0.4, 0.5) is 0 Å². The Kier molecular flexibility index (Phi) is 3.17. The molecule has 0 radical (unpaired) electrons. The van der Waals surface area contributed by atoms with Crippen LogP contribution in [-0.4, -0.2) is 23.9 Å². The molecule has 1 aromatic heterocycles. The lowest BCUT2D eigenvalue weighted by Gasteiger charge is -2.05. The van der Waals surface area contributed by atoms with Crippen molar-refractivity contribution in [2.45, 2.75) is 6.42 Å². The fraction of sp³-hybridized carbons (Fsp3) is 0.222. The number of carbonyl (C=O) groups excluding carboxylic acids is 2. The number of aromatic nitrogens is 1. The molecule has 0 amide bonds. The van der Waals surface area contributed by atoms with Crippen LogP contribution in [0, 0.1) is 5.41 Å². The maximum Gasteiger partial charge on any atom is 0.239 e. The van der Waals surface area contributed by atoms with Crippen molar-refractivity contribution in [1.29, 1.82) is 5.41 Å². The van der Waals surface area contributed by atoms with Gasteiger partial charge in [-0.15, -0.1) is 0 Å². The van der Waals surface area contributed by atoms with Crippen molar-refractivity contribution < 1.29 is 14.3 Å². The lowest BCUT2D eigenvalue weighted by molar-refractivity contribution is -0.107. The molecule has 0 saturated heterocycles. The number of carbonyl (C=O) groups is 2. The Morgan fingerprint density at radius 2 is 2.43 bits per heavy atom. The second-order valence-corrected chi connectivity index (χ2v) is 2.56. The van der Waals surface area contributed by atoms with Gasteiger partial charge in [-0.25, -0.2) is 0 Å². The zero-order valence-corrected chi connectivity index (χ0v) is 7.69. The van der Waals surface area contributed by atoms with E-state index >= 15 is 0 Å². The third-order valence-corrected chi connectivity index (χ3v) is 1.70. The van der Waals surface area contributed by atoms with Crippen molar-refractivity contribution in [3.8, 4) is 5.75 Å². The minimum absolute atomic E-state index is 0.0538. The summed E-state index contributed by atoms with van der Waals surface area (Å²) in [5.41, 5.74) is -0.0538. The van der Waals surface area contributed by atoms with E-state index in [0.717, 1.165) is 4.57 Å². The molecule has 0 atom stereocenters. The molecule has 0 unspecified atom stereocenters. The Hall–Kier alpha value is -1.91. The van der Waals surface area contributed by atoms with Crippen molar-refractivity contribution >= 4 is 12.2 Å². The summed E-state index contributed by atoms with van der Waals surface area (Å²) in [7, 11) is 1.42. The minimum atomic E-state index is -0.441. The maximum atomic E-state index is 11.3. The third kappa shape index (κ3) is 1.87. The van der Waals surface area contributed by atoms with Gasteiger partial charge in [0.1, 0.15) is 6.29 Å². The van der Waals surface area contributed by atoms with Crippen LogP contribution in [0.5, 0.6) is 5.75 Å². The first-order valence-electron chi connectivity index (χ1n) is 3.97. The Labute approximate surface area is 80.4 Å². The van der Waals surface area contributed by atoms with E-state index in [9.17, 15) is 9.59 Å². The van der Waals surface area contributed by atoms with E-state index < -0.39 is 5.91 Å². The van der Waals surface area contributed by atoms with Crippen molar-refractivity contribution in [1.82, 2.24) is 4.57 Å². The van der Waals surface area contributed by atoms with Crippen LogP contribution in [0.1, 0.15) is 11.2 Å². The molecular formula is C9H10N2O3. The molecule has 5 nitrogen and oxygen atoms in total. The van der Waals surface area contributed by atoms with E-state index in [4.69, 9.17) is 10.1 Å². The van der Waals surface area contributed by atoms with Gasteiger partial charge in [0, 0.05) is 6.20 Å². The van der Waals surface area contributed by atoms with Crippen molar-refractivity contribution in [3.63, 3.8) is 0 Å². The molecule has 0 aliphatic heterocycles.